The highest BCUT2D eigenvalue weighted by atomic mass is 16.5. The summed E-state index contributed by atoms with van der Waals surface area (Å²) in [4.78, 5) is 26.8. The zero-order valence-corrected chi connectivity index (χ0v) is 14.6. The highest BCUT2D eigenvalue weighted by Gasteiger charge is 2.31. The maximum Gasteiger partial charge on any atom is 0.223 e. The van der Waals surface area contributed by atoms with Gasteiger partial charge in [-0.25, -0.2) is 0 Å². The fourth-order valence-electron chi connectivity index (χ4n) is 3.10. The molecule has 0 saturated carbocycles. The smallest absolute Gasteiger partial charge is 0.223 e. The number of carbonyl (C=O) groups excluding carboxylic acids is 2. The van der Waals surface area contributed by atoms with E-state index in [1.165, 1.54) is 6.20 Å². The van der Waals surface area contributed by atoms with Gasteiger partial charge in [-0.3, -0.25) is 14.3 Å². The van der Waals surface area contributed by atoms with Gasteiger partial charge in [0.1, 0.15) is 0 Å². The number of ketones is 1. The molecule has 0 aliphatic carbocycles. The lowest BCUT2D eigenvalue weighted by Gasteiger charge is -2.39. The first-order chi connectivity index (χ1) is 12.0. The van der Waals surface area contributed by atoms with Crippen LogP contribution in [-0.2, 0) is 16.6 Å². The summed E-state index contributed by atoms with van der Waals surface area (Å²) in [6.07, 6.45) is 3.60. The van der Waals surface area contributed by atoms with Gasteiger partial charge >= 0.3 is 0 Å². The van der Waals surface area contributed by atoms with Crippen LogP contribution in [-0.4, -0.2) is 45.6 Å². The van der Waals surface area contributed by atoms with Crippen molar-refractivity contribution < 1.29 is 14.3 Å². The van der Waals surface area contributed by atoms with Gasteiger partial charge in [-0.1, -0.05) is 30.3 Å². The largest absolute Gasteiger partial charge is 0.374 e. The Hall–Kier alpha value is -2.47. The second-order valence-corrected chi connectivity index (χ2v) is 6.44. The maximum atomic E-state index is 12.8. The Morgan fingerprint density at radius 2 is 2.00 bits per heavy atom. The molecule has 0 bridgehead atoms. The number of ether oxygens (including phenoxy) is 1. The number of amides is 1. The molecule has 1 saturated heterocycles. The number of aromatic nitrogens is 2. The van der Waals surface area contributed by atoms with Crippen molar-refractivity contribution in [1.29, 1.82) is 0 Å². The highest BCUT2D eigenvalue weighted by Crippen LogP contribution is 2.27. The molecule has 1 aromatic heterocycles. The Bertz CT molecular complexity index is 741. The number of aryl methyl sites for hydroxylation is 1. The van der Waals surface area contributed by atoms with Crippen molar-refractivity contribution in [3.8, 4) is 0 Å². The van der Waals surface area contributed by atoms with Crippen LogP contribution >= 0.6 is 0 Å². The molecule has 1 aliphatic heterocycles. The first-order valence-corrected chi connectivity index (χ1v) is 8.52. The Labute approximate surface area is 147 Å². The summed E-state index contributed by atoms with van der Waals surface area (Å²) in [6.45, 7) is 2.98. The number of hydrogen-bond donors (Lipinski definition) is 0. The third-order valence-electron chi connectivity index (χ3n) is 4.47. The molecule has 0 unspecified atom stereocenters. The second kappa shape index (κ2) is 7.61. The Balaban J connectivity index is 1.66. The molecule has 6 heteroatoms. The molecule has 2 heterocycles. The lowest BCUT2D eigenvalue weighted by atomic mass is 10.0. The van der Waals surface area contributed by atoms with E-state index in [1.807, 2.05) is 42.2 Å². The standard InChI is InChI=1S/C19H23N3O3/c1-14-11-22(17(13-25-14)15-6-4-3-5-7-15)19(24)9-8-18(23)16-10-20-21(2)12-16/h3-7,10,12,14,17H,8-9,11,13H2,1-2H3/t14-,17-/m0/s1. The summed E-state index contributed by atoms with van der Waals surface area (Å²) in [6, 6.07) is 9.78. The van der Waals surface area contributed by atoms with E-state index < -0.39 is 0 Å². The van der Waals surface area contributed by atoms with Gasteiger partial charge in [0.05, 0.1) is 30.5 Å². The number of benzene rings is 1. The molecule has 1 aliphatic rings. The van der Waals surface area contributed by atoms with Gasteiger partial charge in [0.15, 0.2) is 5.78 Å². The average Bonchev–Trinajstić information content (AvgIpc) is 3.06. The first kappa shape index (κ1) is 17.4. The molecule has 0 radical (unpaired) electrons. The Kier molecular flexibility index (Phi) is 5.28. The molecule has 2 atom stereocenters. The van der Waals surface area contributed by atoms with Crippen LogP contribution in [0.15, 0.2) is 42.7 Å². The monoisotopic (exact) mass is 341 g/mol. The van der Waals surface area contributed by atoms with Crippen molar-refractivity contribution in [1.82, 2.24) is 14.7 Å². The van der Waals surface area contributed by atoms with Gasteiger partial charge < -0.3 is 9.64 Å². The summed E-state index contributed by atoms with van der Waals surface area (Å²) >= 11 is 0. The SMILES string of the molecule is C[C@H]1CN(C(=O)CCC(=O)c2cnn(C)c2)[C@H](c2ccccc2)CO1. The van der Waals surface area contributed by atoms with Crippen molar-refractivity contribution in [2.75, 3.05) is 13.2 Å². The number of hydrogen-bond acceptors (Lipinski definition) is 4. The summed E-state index contributed by atoms with van der Waals surface area (Å²) in [7, 11) is 1.77. The molecular weight excluding hydrogens is 318 g/mol. The van der Waals surface area contributed by atoms with E-state index in [9.17, 15) is 9.59 Å². The molecule has 6 nitrogen and oxygen atoms in total. The number of nitrogens with zero attached hydrogens (tertiary/aromatic N) is 3. The predicted octanol–water partition coefficient (Wildman–Crippen LogP) is 2.37. The van der Waals surface area contributed by atoms with E-state index in [2.05, 4.69) is 5.10 Å². The molecule has 3 rings (SSSR count). The Morgan fingerprint density at radius 1 is 1.24 bits per heavy atom. The topological polar surface area (TPSA) is 64.4 Å². The summed E-state index contributed by atoms with van der Waals surface area (Å²) < 4.78 is 7.34. The van der Waals surface area contributed by atoms with Gasteiger partial charge in [-0.15, -0.1) is 0 Å². The molecule has 0 N–H and O–H groups in total. The van der Waals surface area contributed by atoms with Crippen molar-refractivity contribution >= 4 is 11.7 Å². The molecule has 0 spiro atoms. The molecular formula is C19H23N3O3. The highest BCUT2D eigenvalue weighted by molar-refractivity contribution is 5.97. The normalized spacial score (nSPS) is 20.5. The van der Waals surface area contributed by atoms with Crippen molar-refractivity contribution in [2.45, 2.75) is 31.9 Å². The van der Waals surface area contributed by atoms with Crippen molar-refractivity contribution in [3.05, 3.63) is 53.9 Å². The predicted molar refractivity (Wildman–Crippen MR) is 93.1 cm³/mol. The third-order valence-corrected chi connectivity index (χ3v) is 4.47. The minimum Gasteiger partial charge on any atom is -0.374 e. The van der Waals surface area contributed by atoms with E-state index >= 15 is 0 Å². The fourth-order valence-corrected chi connectivity index (χ4v) is 3.10. The van der Waals surface area contributed by atoms with Crippen LogP contribution in [0.25, 0.3) is 0 Å². The third kappa shape index (κ3) is 4.14. The molecule has 132 valence electrons. The summed E-state index contributed by atoms with van der Waals surface area (Å²) in [5, 5.41) is 4.00. The van der Waals surface area contributed by atoms with Crippen LogP contribution in [0.2, 0.25) is 0 Å². The summed E-state index contributed by atoms with van der Waals surface area (Å²) in [5.41, 5.74) is 1.60. The van der Waals surface area contributed by atoms with Gasteiger partial charge in [-0.05, 0) is 12.5 Å². The lowest BCUT2D eigenvalue weighted by Crippen LogP contribution is -2.46. The molecule has 2 aromatic rings. The maximum absolute atomic E-state index is 12.8. The van der Waals surface area contributed by atoms with Crippen LogP contribution in [0.4, 0.5) is 0 Å². The van der Waals surface area contributed by atoms with Crippen molar-refractivity contribution in [2.24, 2.45) is 7.05 Å². The van der Waals surface area contributed by atoms with E-state index in [4.69, 9.17) is 4.74 Å². The molecule has 1 aromatic carbocycles. The summed E-state index contributed by atoms with van der Waals surface area (Å²) in [5.74, 6) is -0.0692. The lowest BCUT2D eigenvalue weighted by molar-refractivity contribution is -0.144. The number of Topliss-reactive ketones (excluding diaryl/α,β-unsaturated/α-hetero) is 1. The van der Waals surface area contributed by atoms with Crippen LogP contribution in [0, 0.1) is 0 Å². The van der Waals surface area contributed by atoms with E-state index in [0.717, 1.165) is 5.56 Å². The molecule has 25 heavy (non-hydrogen) atoms. The zero-order valence-electron chi connectivity index (χ0n) is 14.6. The molecule has 1 fully saturated rings. The minimum atomic E-state index is -0.0987. The minimum absolute atomic E-state index is 0.00191. The van der Waals surface area contributed by atoms with E-state index in [0.29, 0.717) is 18.7 Å². The van der Waals surface area contributed by atoms with Crippen LogP contribution in [0.5, 0.6) is 0 Å². The van der Waals surface area contributed by atoms with Crippen LogP contribution in [0.1, 0.15) is 41.7 Å². The zero-order chi connectivity index (χ0) is 17.8. The van der Waals surface area contributed by atoms with Gasteiger partial charge in [-0.2, -0.15) is 5.10 Å². The van der Waals surface area contributed by atoms with E-state index in [-0.39, 0.29) is 36.7 Å². The van der Waals surface area contributed by atoms with Gasteiger partial charge in [0, 0.05) is 32.6 Å². The quantitative estimate of drug-likeness (QED) is 0.783. The van der Waals surface area contributed by atoms with Crippen LogP contribution in [0.3, 0.4) is 0 Å². The fraction of sp³-hybridized carbons (Fsp3) is 0.421. The van der Waals surface area contributed by atoms with Crippen molar-refractivity contribution in [3.63, 3.8) is 0 Å². The number of morpholine rings is 1. The van der Waals surface area contributed by atoms with Crippen LogP contribution < -0.4 is 0 Å². The number of rotatable bonds is 5. The number of carbonyl (C=O) groups is 2. The second-order valence-electron chi connectivity index (χ2n) is 6.44. The Morgan fingerprint density at radius 3 is 2.68 bits per heavy atom. The average molecular weight is 341 g/mol. The van der Waals surface area contributed by atoms with Gasteiger partial charge in [0.2, 0.25) is 5.91 Å². The first-order valence-electron chi connectivity index (χ1n) is 8.52. The molecule has 1 amide bonds. The van der Waals surface area contributed by atoms with E-state index in [1.54, 1.807) is 17.9 Å². The van der Waals surface area contributed by atoms with Gasteiger partial charge in [0.25, 0.3) is 0 Å².